The predicted octanol–water partition coefficient (Wildman–Crippen LogP) is 5.09. The second kappa shape index (κ2) is 6.49. The first-order chi connectivity index (χ1) is 11.0. The minimum atomic E-state index is -0.970. The number of fused-ring (bicyclic) bond motifs is 1. The summed E-state index contributed by atoms with van der Waals surface area (Å²) in [5, 5.41) is 11.0. The van der Waals surface area contributed by atoms with E-state index in [-0.39, 0.29) is 0 Å². The Labute approximate surface area is 143 Å². The molecule has 0 fully saturated rings. The number of hydrogen-bond donors (Lipinski definition) is 1. The number of para-hydroxylation sites is 1. The van der Waals surface area contributed by atoms with Gasteiger partial charge in [0.05, 0.1) is 0 Å². The van der Waals surface area contributed by atoms with Gasteiger partial charge in [0.2, 0.25) is 0 Å². The summed E-state index contributed by atoms with van der Waals surface area (Å²) in [4.78, 5) is 10.8. The minimum Gasteiger partial charge on any atom is -0.478 e. The van der Waals surface area contributed by atoms with Crippen LogP contribution in [0, 0.1) is 0 Å². The topological polar surface area (TPSA) is 42.2 Å². The van der Waals surface area contributed by atoms with Crippen molar-refractivity contribution in [1.82, 2.24) is 4.57 Å². The molecule has 5 heteroatoms. The number of carbonyl (C=O) groups is 1. The van der Waals surface area contributed by atoms with Crippen LogP contribution in [0.2, 0.25) is 10.0 Å². The molecule has 0 bridgehead atoms. The van der Waals surface area contributed by atoms with Gasteiger partial charge in [-0.05, 0) is 29.8 Å². The van der Waals surface area contributed by atoms with Crippen LogP contribution in [0.5, 0.6) is 0 Å². The van der Waals surface area contributed by atoms with Gasteiger partial charge in [-0.1, -0.05) is 47.5 Å². The number of benzene rings is 2. The van der Waals surface area contributed by atoms with Gasteiger partial charge >= 0.3 is 5.97 Å². The first kappa shape index (κ1) is 15.7. The van der Waals surface area contributed by atoms with E-state index in [1.807, 2.05) is 41.1 Å². The maximum atomic E-state index is 10.8. The summed E-state index contributed by atoms with van der Waals surface area (Å²) in [6, 6.07) is 13.3. The molecule has 116 valence electrons. The summed E-state index contributed by atoms with van der Waals surface area (Å²) in [5.41, 5.74) is 2.82. The molecule has 3 aromatic rings. The van der Waals surface area contributed by atoms with E-state index in [9.17, 15) is 4.79 Å². The van der Waals surface area contributed by atoms with Crippen molar-refractivity contribution in [1.29, 1.82) is 0 Å². The maximum Gasteiger partial charge on any atom is 0.328 e. The molecule has 0 aliphatic carbocycles. The Balaban J connectivity index is 2.05. The molecule has 0 saturated carbocycles. The molecule has 0 radical (unpaired) electrons. The highest BCUT2D eigenvalue weighted by atomic mass is 35.5. The molecule has 1 N–H and O–H groups in total. The third kappa shape index (κ3) is 3.41. The second-order valence-electron chi connectivity index (χ2n) is 5.14. The number of hydrogen-bond acceptors (Lipinski definition) is 1. The zero-order valence-electron chi connectivity index (χ0n) is 12.0. The average molecular weight is 346 g/mol. The van der Waals surface area contributed by atoms with Gasteiger partial charge < -0.3 is 9.67 Å². The number of carboxylic acid groups (broad SMARTS) is 1. The van der Waals surface area contributed by atoms with Gasteiger partial charge in [-0.25, -0.2) is 4.79 Å². The second-order valence-corrected chi connectivity index (χ2v) is 5.98. The quantitative estimate of drug-likeness (QED) is 0.668. The van der Waals surface area contributed by atoms with Crippen LogP contribution >= 0.6 is 23.2 Å². The molecule has 0 saturated heterocycles. The molecule has 0 atom stereocenters. The molecular formula is C18H13Cl2NO2. The molecule has 0 spiro atoms. The van der Waals surface area contributed by atoms with Crippen LogP contribution < -0.4 is 0 Å². The highest BCUT2D eigenvalue weighted by Crippen LogP contribution is 2.26. The van der Waals surface area contributed by atoms with E-state index in [2.05, 4.69) is 0 Å². The summed E-state index contributed by atoms with van der Waals surface area (Å²) < 4.78 is 2.05. The fraction of sp³-hybridized carbons (Fsp3) is 0.0556. The van der Waals surface area contributed by atoms with Gasteiger partial charge in [-0.3, -0.25) is 0 Å². The van der Waals surface area contributed by atoms with Crippen molar-refractivity contribution >= 4 is 46.2 Å². The monoisotopic (exact) mass is 345 g/mol. The number of aliphatic carboxylic acids is 1. The molecule has 0 unspecified atom stereocenters. The Morgan fingerprint density at radius 2 is 1.96 bits per heavy atom. The molecule has 0 aliphatic heterocycles. The number of aromatic nitrogens is 1. The SMILES string of the molecule is O=C(O)C=Cc1cn(Cc2ccc(Cl)cc2Cl)c2ccccc12. The molecule has 3 nitrogen and oxygen atoms in total. The number of nitrogens with zero attached hydrogens (tertiary/aromatic N) is 1. The number of rotatable bonds is 4. The van der Waals surface area contributed by atoms with Crippen molar-refractivity contribution < 1.29 is 9.90 Å². The number of halogens is 2. The first-order valence-corrected chi connectivity index (χ1v) is 7.73. The normalized spacial score (nSPS) is 11.4. The van der Waals surface area contributed by atoms with Crippen molar-refractivity contribution in [2.45, 2.75) is 6.54 Å². The lowest BCUT2D eigenvalue weighted by Crippen LogP contribution is -1.98. The van der Waals surface area contributed by atoms with Crippen molar-refractivity contribution in [3.8, 4) is 0 Å². The van der Waals surface area contributed by atoms with Gasteiger partial charge in [0.25, 0.3) is 0 Å². The molecule has 0 amide bonds. The van der Waals surface area contributed by atoms with Crippen LogP contribution in [0.3, 0.4) is 0 Å². The summed E-state index contributed by atoms with van der Waals surface area (Å²) in [6.45, 7) is 0.581. The predicted molar refractivity (Wildman–Crippen MR) is 94.2 cm³/mol. The fourth-order valence-electron chi connectivity index (χ4n) is 2.53. The smallest absolute Gasteiger partial charge is 0.328 e. The van der Waals surface area contributed by atoms with E-state index in [1.165, 1.54) is 0 Å². The van der Waals surface area contributed by atoms with E-state index >= 15 is 0 Å². The van der Waals surface area contributed by atoms with Crippen molar-refractivity contribution in [3.63, 3.8) is 0 Å². The van der Waals surface area contributed by atoms with E-state index in [4.69, 9.17) is 28.3 Å². The van der Waals surface area contributed by atoms with Gasteiger partial charge in [0.15, 0.2) is 0 Å². The van der Waals surface area contributed by atoms with E-state index < -0.39 is 5.97 Å². The Morgan fingerprint density at radius 1 is 1.17 bits per heavy atom. The zero-order chi connectivity index (χ0) is 16.4. The van der Waals surface area contributed by atoms with Crippen LogP contribution in [0.15, 0.2) is 54.7 Å². The van der Waals surface area contributed by atoms with E-state index in [0.29, 0.717) is 16.6 Å². The summed E-state index contributed by atoms with van der Waals surface area (Å²) in [7, 11) is 0. The van der Waals surface area contributed by atoms with Crippen molar-refractivity contribution in [2.75, 3.05) is 0 Å². The highest BCUT2D eigenvalue weighted by molar-refractivity contribution is 6.35. The van der Waals surface area contributed by atoms with Crippen LogP contribution in [0.1, 0.15) is 11.1 Å². The summed E-state index contributed by atoms with van der Waals surface area (Å²) >= 11 is 12.2. The van der Waals surface area contributed by atoms with Gasteiger partial charge in [0, 0.05) is 45.3 Å². The Kier molecular flexibility index (Phi) is 4.42. The van der Waals surface area contributed by atoms with E-state index in [1.54, 1.807) is 18.2 Å². The maximum absolute atomic E-state index is 10.8. The molecule has 0 aliphatic rings. The average Bonchev–Trinajstić information content (AvgIpc) is 2.86. The van der Waals surface area contributed by atoms with Crippen LogP contribution in [0.4, 0.5) is 0 Å². The van der Waals surface area contributed by atoms with Crippen LogP contribution in [-0.2, 0) is 11.3 Å². The van der Waals surface area contributed by atoms with Gasteiger partial charge in [-0.2, -0.15) is 0 Å². The van der Waals surface area contributed by atoms with Crippen LogP contribution in [0.25, 0.3) is 17.0 Å². The largest absolute Gasteiger partial charge is 0.478 e. The minimum absolute atomic E-state index is 0.581. The standard InChI is InChI=1S/C18H13Cl2NO2/c19-14-7-5-13(16(20)9-14)11-21-10-12(6-8-18(22)23)15-3-1-2-4-17(15)21/h1-10H,11H2,(H,22,23). The lowest BCUT2D eigenvalue weighted by molar-refractivity contribution is -0.131. The van der Waals surface area contributed by atoms with E-state index in [0.717, 1.165) is 28.1 Å². The van der Waals surface area contributed by atoms with Crippen molar-refractivity contribution in [2.24, 2.45) is 0 Å². The molecule has 1 aromatic heterocycles. The molecular weight excluding hydrogens is 333 g/mol. The number of carboxylic acids is 1. The third-order valence-electron chi connectivity index (χ3n) is 3.58. The third-order valence-corrected chi connectivity index (χ3v) is 4.17. The molecule has 1 heterocycles. The van der Waals surface area contributed by atoms with Crippen molar-refractivity contribution in [3.05, 3.63) is 75.9 Å². The zero-order valence-corrected chi connectivity index (χ0v) is 13.6. The fourth-order valence-corrected chi connectivity index (χ4v) is 3.00. The highest BCUT2D eigenvalue weighted by Gasteiger charge is 2.09. The lowest BCUT2D eigenvalue weighted by Gasteiger charge is -2.08. The Morgan fingerprint density at radius 3 is 2.70 bits per heavy atom. The summed E-state index contributed by atoms with van der Waals surface area (Å²) in [5.74, 6) is -0.970. The molecule has 2 aromatic carbocycles. The van der Waals surface area contributed by atoms with Gasteiger partial charge in [0.1, 0.15) is 0 Å². The Bertz CT molecular complexity index is 913. The molecule has 23 heavy (non-hydrogen) atoms. The van der Waals surface area contributed by atoms with Gasteiger partial charge in [-0.15, -0.1) is 0 Å². The Hall–Kier alpha value is -2.23. The first-order valence-electron chi connectivity index (χ1n) is 6.97. The summed E-state index contributed by atoms with van der Waals surface area (Å²) in [6.07, 6.45) is 4.67. The molecule has 3 rings (SSSR count). The lowest BCUT2D eigenvalue weighted by atomic mass is 10.1. The van der Waals surface area contributed by atoms with Crippen LogP contribution in [-0.4, -0.2) is 15.6 Å².